The van der Waals surface area contributed by atoms with E-state index in [2.05, 4.69) is 28.5 Å². The molecule has 3 nitrogen and oxygen atoms in total. The molecule has 3 heteroatoms. The number of fused-ring (bicyclic) bond motifs is 2. The van der Waals surface area contributed by atoms with Gasteiger partial charge >= 0.3 is 0 Å². The molecule has 2 heterocycles. The van der Waals surface area contributed by atoms with Crippen molar-refractivity contribution in [3.8, 4) is 0 Å². The number of nitrogens with one attached hydrogen (secondary N) is 1. The Hall–Kier alpha value is -2.00. The molecule has 1 aliphatic heterocycles. The van der Waals surface area contributed by atoms with Crippen molar-refractivity contribution in [2.24, 2.45) is 0 Å². The van der Waals surface area contributed by atoms with Gasteiger partial charge in [-0.3, -0.25) is 9.78 Å². The van der Waals surface area contributed by atoms with Crippen molar-refractivity contribution in [2.45, 2.75) is 31.2 Å². The van der Waals surface area contributed by atoms with Gasteiger partial charge in [-0.05, 0) is 35.6 Å². The molecule has 0 radical (unpaired) electrons. The number of hydrogen-bond donors (Lipinski definition) is 1. The minimum absolute atomic E-state index is 0.0286. The van der Waals surface area contributed by atoms with Crippen LogP contribution in [0.4, 0.5) is 0 Å². The highest BCUT2D eigenvalue weighted by atomic mass is 16.1. The number of Topliss-reactive ketones (excluding diaryl/α,β-unsaturated/α-hetero) is 1. The molecular formula is C18H18N2O. The number of carbonyl (C=O) groups excluding carboxylic acids is 1. The van der Waals surface area contributed by atoms with Crippen molar-refractivity contribution in [3.05, 3.63) is 65.0 Å². The van der Waals surface area contributed by atoms with Crippen molar-refractivity contribution in [1.29, 1.82) is 0 Å². The fraction of sp³-hybridized carbons (Fsp3) is 0.333. The zero-order chi connectivity index (χ0) is 14.2. The van der Waals surface area contributed by atoms with E-state index >= 15 is 0 Å². The van der Waals surface area contributed by atoms with Gasteiger partial charge in [0.2, 0.25) is 0 Å². The van der Waals surface area contributed by atoms with E-state index in [-0.39, 0.29) is 11.8 Å². The lowest BCUT2D eigenvalue weighted by Crippen LogP contribution is -2.34. The Morgan fingerprint density at radius 3 is 2.90 bits per heavy atom. The quantitative estimate of drug-likeness (QED) is 0.918. The molecule has 1 aromatic heterocycles. The van der Waals surface area contributed by atoms with Crippen LogP contribution in [-0.4, -0.2) is 17.3 Å². The molecule has 106 valence electrons. The number of rotatable bonds is 2. The molecular weight excluding hydrogens is 260 g/mol. The summed E-state index contributed by atoms with van der Waals surface area (Å²) in [5.41, 5.74) is 4.70. The first-order valence-electron chi connectivity index (χ1n) is 7.60. The van der Waals surface area contributed by atoms with Crippen LogP contribution in [0.2, 0.25) is 0 Å². The normalized spacial score (nSPS) is 23.4. The molecule has 0 saturated heterocycles. The largest absolute Gasteiger partial charge is 0.312 e. The molecule has 1 N–H and O–H groups in total. The second-order valence-electron chi connectivity index (χ2n) is 5.92. The Morgan fingerprint density at radius 1 is 1.10 bits per heavy atom. The average molecular weight is 278 g/mol. The van der Waals surface area contributed by atoms with Crippen molar-refractivity contribution in [2.75, 3.05) is 6.54 Å². The number of aromatic nitrogens is 1. The van der Waals surface area contributed by atoms with Crippen molar-refractivity contribution in [3.63, 3.8) is 0 Å². The summed E-state index contributed by atoms with van der Waals surface area (Å²) in [6.45, 7) is 1.61. The van der Waals surface area contributed by atoms with E-state index in [9.17, 15) is 4.79 Å². The molecule has 21 heavy (non-hydrogen) atoms. The Kier molecular flexibility index (Phi) is 3.08. The average Bonchev–Trinajstić information content (AvgIpc) is 2.98. The van der Waals surface area contributed by atoms with Gasteiger partial charge in [0, 0.05) is 19.3 Å². The summed E-state index contributed by atoms with van der Waals surface area (Å²) in [7, 11) is 0. The zero-order valence-corrected chi connectivity index (χ0v) is 11.9. The molecule has 0 spiro atoms. The number of aryl methyl sites for hydroxylation is 1. The topological polar surface area (TPSA) is 42.0 Å². The van der Waals surface area contributed by atoms with Crippen LogP contribution in [0.1, 0.15) is 40.6 Å². The van der Waals surface area contributed by atoms with Crippen LogP contribution in [0.15, 0.2) is 42.6 Å². The van der Waals surface area contributed by atoms with Crippen LogP contribution in [0.5, 0.6) is 0 Å². The van der Waals surface area contributed by atoms with E-state index < -0.39 is 0 Å². The summed E-state index contributed by atoms with van der Waals surface area (Å²) in [5.74, 6) is 0.263. The second-order valence-corrected chi connectivity index (χ2v) is 5.92. The summed E-state index contributed by atoms with van der Waals surface area (Å²) >= 11 is 0. The zero-order valence-electron chi connectivity index (χ0n) is 11.9. The minimum atomic E-state index is -0.0343. The summed E-state index contributed by atoms with van der Waals surface area (Å²) in [5, 5.41) is 3.38. The molecule has 1 aliphatic carbocycles. The molecule has 2 atom stereocenters. The highest BCUT2D eigenvalue weighted by Gasteiger charge is 2.36. The molecule has 2 unspecified atom stereocenters. The van der Waals surface area contributed by atoms with Crippen molar-refractivity contribution < 1.29 is 4.79 Å². The maximum absolute atomic E-state index is 13.0. The molecule has 2 aromatic rings. The number of pyridine rings is 1. The first-order chi connectivity index (χ1) is 10.3. The van der Waals surface area contributed by atoms with Crippen molar-refractivity contribution >= 4 is 5.78 Å². The lowest BCUT2D eigenvalue weighted by atomic mass is 9.82. The van der Waals surface area contributed by atoms with Gasteiger partial charge in [0.25, 0.3) is 0 Å². The van der Waals surface area contributed by atoms with Crippen LogP contribution in [-0.2, 0) is 17.8 Å². The Labute approximate surface area is 124 Å². The molecule has 0 fully saturated rings. The smallest absolute Gasteiger partial charge is 0.150 e. The van der Waals surface area contributed by atoms with E-state index in [4.69, 9.17) is 0 Å². The predicted molar refractivity (Wildman–Crippen MR) is 81.2 cm³/mol. The summed E-state index contributed by atoms with van der Waals surface area (Å²) in [6.07, 6.45) is 3.68. The van der Waals surface area contributed by atoms with Gasteiger partial charge in [-0.1, -0.05) is 30.3 Å². The third kappa shape index (κ3) is 2.09. The third-order valence-corrected chi connectivity index (χ3v) is 4.74. The molecule has 0 saturated carbocycles. The Morgan fingerprint density at radius 2 is 1.95 bits per heavy atom. The molecule has 1 aromatic carbocycles. The number of carbonyl (C=O) groups is 1. The highest BCUT2D eigenvalue weighted by Crippen LogP contribution is 2.37. The summed E-state index contributed by atoms with van der Waals surface area (Å²) in [6, 6.07) is 12.4. The monoisotopic (exact) mass is 278 g/mol. The number of hydrogen-bond acceptors (Lipinski definition) is 3. The van der Waals surface area contributed by atoms with E-state index in [1.54, 1.807) is 6.20 Å². The lowest BCUT2D eigenvalue weighted by molar-refractivity contribution is -0.122. The van der Waals surface area contributed by atoms with Crippen molar-refractivity contribution in [1.82, 2.24) is 10.3 Å². The predicted octanol–water partition coefficient (Wildman–Crippen LogP) is 2.57. The van der Waals surface area contributed by atoms with Gasteiger partial charge in [0.05, 0.1) is 17.5 Å². The van der Waals surface area contributed by atoms with E-state index in [0.717, 1.165) is 31.6 Å². The fourth-order valence-electron chi connectivity index (χ4n) is 3.68. The van der Waals surface area contributed by atoms with Gasteiger partial charge in [-0.15, -0.1) is 0 Å². The fourth-order valence-corrected chi connectivity index (χ4v) is 3.68. The first-order valence-corrected chi connectivity index (χ1v) is 7.60. The maximum atomic E-state index is 13.0. The van der Waals surface area contributed by atoms with E-state index in [0.29, 0.717) is 5.78 Å². The van der Waals surface area contributed by atoms with Gasteiger partial charge in [0.15, 0.2) is 5.78 Å². The molecule has 0 bridgehead atoms. The standard InChI is InChI=1S/C18H18N2O/c21-18(15-8-7-12-5-3-9-20-17(12)15)16-11-19-10-13-4-1-2-6-14(13)16/h1-6,9,15-16,19H,7-8,10-11H2. The van der Waals surface area contributed by atoms with Gasteiger partial charge < -0.3 is 5.32 Å². The number of ketones is 1. The molecule has 0 amide bonds. The van der Waals surface area contributed by atoms with Gasteiger partial charge in [-0.25, -0.2) is 0 Å². The van der Waals surface area contributed by atoms with Gasteiger partial charge in [-0.2, -0.15) is 0 Å². The van der Waals surface area contributed by atoms with Crippen LogP contribution in [0, 0.1) is 0 Å². The molecule has 4 rings (SSSR count). The summed E-state index contributed by atoms with van der Waals surface area (Å²) < 4.78 is 0. The molecule has 2 aliphatic rings. The Balaban J connectivity index is 1.68. The van der Waals surface area contributed by atoms with Gasteiger partial charge in [0.1, 0.15) is 0 Å². The number of benzene rings is 1. The first kappa shape index (κ1) is 12.7. The SMILES string of the molecule is O=C(C1CNCc2ccccc21)C1CCc2cccnc21. The van der Waals surface area contributed by atoms with Crippen LogP contribution in [0.25, 0.3) is 0 Å². The maximum Gasteiger partial charge on any atom is 0.150 e. The van der Waals surface area contributed by atoms with E-state index in [1.807, 2.05) is 18.2 Å². The van der Waals surface area contributed by atoms with Crippen LogP contribution >= 0.6 is 0 Å². The lowest BCUT2D eigenvalue weighted by Gasteiger charge is -2.27. The third-order valence-electron chi connectivity index (χ3n) is 4.74. The van der Waals surface area contributed by atoms with Crippen LogP contribution in [0.3, 0.4) is 0 Å². The minimum Gasteiger partial charge on any atom is -0.312 e. The summed E-state index contributed by atoms with van der Waals surface area (Å²) in [4.78, 5) is 17.5. The highest BCUT2D eigenvalue weighted by molar-refractivity contribution is 5.93. The number of nitrogens with zero attached hydrogens (tertiary/aromatic N) is 1. The second kappa shape index (κ2) is 5.08. The Bertz CT molecular complexity index is 695. The van der Waals surface area contributed by atoms with Crippen LogP contribution < -0.4 is 5.32 Å². The van der Waals surface area contributed by atoms with E-state index in [1.165, 1.54) is 16.7 Å².